The molecule has 0 radical (unpaired) electrons. The van der Waals surface area contributed by atoms with Crippen molar-refractivity contribution in [2.24, 2.45) is 0 Å². The fourth-order valence-corrected chi connectivity index (χ4v) is 2.50. The van der Waals surface area contributed by atoms with E-state index in [0.29, 0.717) is 10.6 Å². The molecule has 0 bridgehead atoms. The number of nitrogens with zero attached hydrogens (tertiary/aromatic N) is 3. The molecule has 4 heteroatoms. The fourth-order valence-electron chi connectivity index (χ4n) is 2.33. The average molecular weight is 264 g/mol. The maximum atomic E-state index is 9.11. The molecule has 1 aliphatic rings. The first-order valence-electron chi connectivity index (χ1n) is 6.34. The Morgan fingerprint density at radius 1 is 1.39 bits per heavy atom. The van der Waals surface area contributed by atoms with Crippen LogP contribution in [0.2, 0.25) is 5.02 Å². The van der Waals surface area contributed by atoms with Gasteiger partial charge in [0.2, 0.25) is 0 Å². The molecular weight excluding hydrogens is 246 g/mol. The number of hydrogen-bond donors (Lipinski definition) is 0. The molecule has 0 saturated carbocycles. The van der Waals surface area contributed by atoms with Crippen LogP contribution >= 0.6 is 11.6 Å². The quantitative estimate of drug-likeness (QED) is 0.837. The first kappa shape index (κ1) is 13.2. The third kappa shape index (κ3) is 3.16. The first-order valence-corrected chi connectivity index (χ1v) is 6.71. The molecule has 1 saturated heterocycles. The van der Waals surface area contributed by atoms with Gasteiger partial charge >= 0.3 is 0 Å². The summed E-state index contributed by atoms with van der Waals surface area (Å²) in [5.74, 6) is 0. The average Bonchev–Trinajstić information content (AvgIpc) is 2.89. The number of rotatable bonds is 4. The summed E-state index contributed by atoms with van der Waals surface area (Å²) in [7, 11) is 2.02. The van der Waals surface area contributed by atoms with Crippen LogP contribution in [0.25, 0.3) is 0 Å². The standard InChI is InChI=1S/C14H18ClN3/c1-17(8-9-18-6-2-3-7-18)14-10-13(15)5-4-12(14)11-16/h4-5,10H,2-3,6-9H2,1H3. The van der Waals surface area contributed by atoms with Gasteiger partial charge in [0.25, 0.3) is 0 Å². The van der Waals surface area contributed by atoms with Crippen molar-refractivity contribution in [3.63, 3.8) is 0 Å². The lowest BCUT2D eigenvalue weighted by Crippen LogP contribution is -2.31. The number of likely N-dealkylation sites (N-methyl/N-ethyl adjacent to an activating group) is 1. The molecule has 1 fully saturated rings. The minimum absolute atomic E-state index is 0.678. The lowest BCUT2D eigenvalue weighted by molar-refractivity contribution is 0.346. The van der Waals surface area contributed by atoms with Crippen molar-refractivity contribution in [2.45, 2.75) is 12.8 Å². The molecule has 0 N–H and O–H groups in total. The highest BCUT2D eigenvalue weighted by Gasteiger charge is 2.13. The minimum Gasteiger partial charge on any atom is -0.372 e. The minimum atomic E-state index is 0.678. The van der Waals surface area contributed by atoms with E-state index in [2.05, 4.69) is 15.9 Å². The molecule has 96 valence electrons. The predicted molar refractivity (Wildman–Crippen MR) is 75.1 cm³/mol. The molecule has 1 aromatic carbocycles. The summed E-state index contributed by atoms with van der Waals surface area (Å²) in [6.07, 6.45) is 2.62. The van der Waals surface area contributed by atoms with Gasteiger partial charge in [-0.25, -0.2) is 0 Å². The second-order valence-electron chi connectivity index (χ2n) is 4.74. The first-order chi connectivity index (χ1) is 8.70. The molecule has 1 aliphatic heterocycles. The third-order valence-corrected chi connectivity index (χ3v) is 3.68. The van der Waals surface area contributed by atoms with Crippen molar-refractivity contribution in [1.82, 2.24) is 4.90 Å². The molecule has 1 aromatic rings. The van der Waals surface area contributed by atoms with Crippen molar-refractivity contribution in [3.05, 3.63) is 28.8 Å². The van der Waals surface area contributed by atoms with Crippen molar-refractivity contribution in [3.8, 4) is 6.07 Å². The summed E-state index contributed by atoms with van der Waals surface area (Å²) >= 11 is 6.00. The van der Waals surface area contributed by atoms with E-state index in [1.807, 2.05) is 13.1 Å². The van der Waals surface area contributed by atoms with E-state index < -0.39 is 0 Å². The zero-order valence-electron chi connectivity index (χ0n) is 10.7. The van der Waals surface area contributed by atoms with E-state index in [1.54, 1.807) is 12.1 Å². The Hall–Kier alpha value is -1.24. The maximum Gasteiger partial charge on any atom is 0.101 e. The second-order valence-corrected chi connectivity index (χ2v) is 5.18. The topological polar surface area (TPSA) is 30.3 Å². The highest BCUT2D eigenvalue weighted by Crippen LogP contribution is 2.23. The van der Waals surface area contributed by atoms with Crippen LogP contribution in [-0.2, 0) is 0 Å². The number of benzene rings is 1. The monoisotopic (exact) mass is 263 g/mol. The molecule has 1 heterocycles. The molecule has 0 amide bonds. The van der Waals surface area contributed by atoms with Gasteiger partial charge in [-0.1, -0.05) is 11.6 Å². The van der Waals surface area contributed by atoms with Gasteiger partial charge in [0.15, 0.2) is 0 Å². The zero-order valence-corrected chi connectivity index (χ0v) is 11.5. The molecular formula is C14H18ClN3. The SMILES string of the molecule is CN(CCN1CCCC1)c1cc(Cl)ccc1C#N. The van der Waals surface area contributed by atoms with Gasteiger partial charge in [-0.2, -0.15) is 5.26 Å². The Bertz CT molecular complexity index is 447. The van der Waals surface area contributed by atoms with E-state index in [0.717, 1.165) is 18.8 Å². The van der Waals surface area contributed by atoms with Crippen molar-refractivity contribution in [2.75, 3.05) is 38.1 Å². The van der Waals surface area contributed by atoms with Crippen LogP contribution in [0.1, 0.15) is 18.4 Å². The molecule has 0 aliphatic carbocycles. The Balaban J connectivity index is 2.01. The van der Waals surface area contributed by atoms with Gasteiger partial charge in [0.1, 0.15) is 6.07 Å². The molecule has 0 spiro atoms. The number of nitriles is 1. The highest BCUT2D eigenvalue weighted by atomic mass is 35.5. The van der Waals surface area contributed by atoms with Crippen LogP contribution in [0, 0.1) is 11.3 Å². The summed E-state index contributed by atoms with van der Waals surface area (Å²) in [6, 6.07) is 7.63. The van der Waals surface area contributed by atoms with Gasteiger partial charge in [0, 0.05) is 25.2 Å². The van der Waals surface area contributed by atoms with Crippen LogP contribution in [0.4, 0.5) is 5.69 Å². The van der Waals surface area contributed by atoms with Crippen molar-refractivity contribution >= 4 is 17.3 Å². The molecule has 3 nitrogen and oxygen atoms in total. The van der Waals surface area contributed by atoms with Gasteiger partial charge < -0.3 is 9.80 Å². The normalized spacial score (nSPS) is 15.6. The van der Waals surface area contributed by atoms with Crippen LogP contribution in [0.5, 0.6) is 0 Å². The van der Waals surface area contributed by atoms with Crippen LogP contribution in [0.3, 0.4) is 0 Å². The highest BCUT2D eigenvalue weighted by molar-refractivity contribution is 6.30. The van der Waals surface area contributed by atoms with Crippen LogP contribution < -0.4 is 4.90 Å². The lowest BCUT2D eigenvalue weighted by atomic mass is 10.2. The van der Waals surface area contributed by atoms with Crippen molar-refractivity contribution in [1.29, 1.82) is 5.26 Å². The van der Waals surface area contributed by atoms with E-state index >= 15 is 0 Å². The Morgan fingerprint density at radius 2 is 2.11 bits per heavy atom. The predicted octanol–water partition coefficient (Wildman–Crippen LogP) is 2.74. The molecule has 0 unspecified atom stereocenters. The van der Waals surface area contributed by atoms with Crippen molar-refractivity contribution < 1.29 is 0 Å². The second kappa shape index (κ2) is 6.08. The summed E-state index contributed by atoms with van der Waals surface area (Å²) in [6.45, 7) is 4.38. The summed E-state index contributed by atoms with van der Waals surface area (Å²) in [4.78, 5) is 4.58. The van der Waals surface area contributed by atoms with Gasteiger partial charge in [-0.15, -0.1) is 0 Å². The Morgan fingerprint density at radius 3 is 2.78 bits per heavy atom. The van der Waals surface area contributed by atoms with Crippen LogP contribution in [0.15, 0.2) is 18.2 Å². The van der Waals surface area contributed by atoms with E-state index in [4.69, 9.17) is 16.9 Å². The number of likely N-dealkylation sites (tertiary alicyclic amines) is 1. The van der Waals surface area contributed by atoms with Crippen LogP contribution in [-0.4, -0.2) is 38.1 Å². The molecule has 0 atom stereocenters. The van der Waals surface area contributed by atoms with E-state index in [1.165, 1.54) is 25.9 Å². The fraction of sp³-hybridized carbons (Fsp3) is 0.500. The van der Waals surface area contributed by atoms with Gasteiger partial charge in [0.05, 0.1) is 11.3 Å². The molecule has 2 rings (SSSR count). The largest absolute Gasteiger partial charge is 0.372 e. The summed E-state index contributed by atoms with van der Waals surface area (Å²) in [5, 5.41) is 9.79. The zero-order chi connectivity index (χ0) is 13.0. The Labute approximate surface area is 114 Å². The van der Waals surface area contributed by atoms with Gasteiger partial charge in [-0.05, 0) is 44.1 Å². The summed E-state index contributed by atoms with van der Waals surface area (Å²) in [5.41, 5.74) is 1.60. The number of hydrogen-bond acceptors (Lipinski definition) is 3. The third-order valence-electron chi connectivity index (χ3n) is 3.44. The lowest BCUT2D eigenvalue weighted by Gasteiger charge is -2.24. The van der Waals surface area contributed by atoms with Gasteiger partial charge in [-0.3, -0.25) is 0 Å². The molecule has 18 heavy (non-hydrogen) atoms. The number of anilines is 1. The smallest absolute Gasteiger partial charge is 0.101 e. The van der Waals surface area contributed by atoms with E-state index in [-0.39, 0.29) is 0 Å². The maximum absolute atomic E-state index is 9.11. The Kier molecular flexibility index (Phi) is 4.46. The van der Waals surface area contributed by atoms with E-state index in [9.17, 15) is 0 Å². The number of halogens is 1. The molecule has 0 aromatic heterocycles. The summed E-state index contributed by atoms with van der Waals surface area (Å²) < 4.78 is 0.